The summed E-state index contributed by atoms with van der Waals surface area (Å²) in [6.45, 7) is 4.23. The predicted molar refractivity (Wildman–Crippen MR) is 102 cm³/mol. The Morgan fingerprint density at radius 2 is 1.75 bits per heavy atom. The van der Waals surface area contributed by atoms with Gasteiger partial charge >= 0.3 is 0 Å². The molecule has 0 spiro atoms. The van der Waals surface area contributed by atoms with E-state index in [-0.39, 0.29) is 47.9 Å². The quantitative estimate of drug-likeness (QED) is 0.578. The zero-order valence-electron chi connectivity index (χ0n) is 15.7. The molecule has 2 aliphatic heterocycles. The molecule has 2 aliphatic carbocycles. The fourth-order valence-corrected chi connectivity index (χ4v) is 5.16. The van der Waals surface area contributed by atoms with Gasteiger partial charge < -0.3 is 0 Å². The zero-order chi connectivity index (χ0) is 19.8. The molecule has 4 aliphatic rings. The number of fused-ring (bicyclic) bond motifs is 5. The molecule has 3 fully saturated rings. The maximum Gasteiger partial charge on any atom is 0.254 e. The van der Waals surface area contributed by atoms with Crippen LogP contribution in [0.5, 0.6) is 0 Å². The van der Waals surface area contributed by atoms with Crippen LogP contribution in [0.4, 0.5) is 5.69 Å². The minimum atomic E-state index is -0.550. The van der Waals surface area contributed by atoms with Gasteiger partial charge in [0.05, 0.1) is 36.1 Å². The van der Waals surface area contributed by atoms with Crippen molar-refractivity contribution < 1.29 is 19.2 Å². The summed E-state index contributed by atoms with van der Waals surface area (Å²) in [6, 6.07) is 5.11. The molecule has 0 N–H and O–H groups in total. The molecular formula is C21H21ClN2O4. The van der Waals surface area contributed by atoms with Crippen molar-refractivity contribution in [3.05, 3.63) is 40.9 Å². The van der Waals surface area contributed by atoms with Crippen molar-refractivity contribution in [1.82, 2.24) is 5.06 Å². The molecule has 28 heavy (non-hydrogen) atoms. The average molecular weight is 401 g/mol. The minimum Gasteiger partial charge on any atom is -0.274 e. The molecule has 6 nitrogen and oxygen atoms in total. The summed E-state index contributed by atoms with van der Waals surface area (Å²) in [6.07, 6.45) is 5.05. The van der Waals surface area contributed by atoms with E-state index in [1.165, 1.54) is 9.96 Å². The normalized spacial score (nSPS) is 32.8. The minimum absolute atomic E-state index is 0.0895. The maximum absolute atomic E-state index is 12.9. The van der Waals surface area contributed by atoms with E-state index in [2.05, 4.69) is 12.2 Å². The lowest BCUT2D eigenvalue weighted by Gasteiger charge is -2.20. The van der Waals surface area contributed by atoms with Crippen molar-refractivity contribution in [1.29, 1.82) is 0 Å². The van der Waals surface area contributed by atoms with E-state index in [1.807, 2.05) is 13.8 Å². The Morgan fingerprint density at radius 3 is 2.29 bits per heavy atom. The highest BCUT2D eigenvalue weighted by Gasteiger charge is 2.59. The first-order valence-corrected chi connectivity index (χ1v) is 9.95. The van der Waals surface area contributed by atoms with Crippen LogP contribution in [0, 0.1) is 29.1 Å². The molecule has 3 amide bonds. The van der Waals surface area contributed by atoms with Crippen LogP contribution in [0.25, 0.3) is 0 Å². The number of rotatable bonds is 3. The fourth-order valence-electron chi connectivity index (χ4n) is 4.93. The second kappa shape index (κ2) is 5.91. The molecule has 2 bridgehead atoms. The predicted octanol–water partition coefficient (Wildman–Crippen LogP) is 2.95. The number of hydrogen-bond acceptors (Lipinski definition) is 4. The Hall–Kier alpha value is -2.18. The van der Waals surface area contributed by atoms with Gasteiger partial charge in [0.25, 0.3) is 5.91 Å². The number of nitrogens with zero attached hydrogens (tertiary/aromatic N) is 2. The molecule has 4 atom stereocenters. The number of carbonyl (C=O) groups excluding carboxylic acids is 3. The van der Waals surface area contributed by atoms with Crippen molar-refractivity contribution in [3.63, 3.8) is 0 Å². The van der Waals surface area contributed by atoms with Crippen molar-refractivity contribution in [2.24, 2.45) is 29.1 Å². The Morgan fingerprint density at radius 1 is 1.11 bits per heavy atom. The summed E-state index contributed by atoms with van der Waals surface area (Å²) in [5.74, 6) is -0.474. The molecule has 0 aromatic heterocycles. The van der Waals surface area contributed by atoms with Crippen LogP contribution >= 0.6 is 11.6 Å². The van der Waals surface area contributed by atoms with Crippen LogP contribution in [0.3, 0.4) is 0 Å². The van der Waals surface area contributed by atoms with Gasteiger partial charge in [0.1, 0.15) is 0 Å². The third-order valence-electron chi connectivity index (χ3n) is 6.47. The second-order valence-electron chi connectivity index (χ2n) is 8.79. The van der Waals surface area contributed by atoms with E-state index >= 15 is 0 Å². The van der Waals surface area contributed by atoms with E-state index in [1.54, 1.807) is 18.2 Å². The number of hydroxylamine groups is 2. The Labute approximate surface area is 168 Å². The van der Waals surface area contributed by atoms with Crippen LogP contribution in [0.2, 0.25) is 5.02 Å². The number of benzene rings is 1. The molecular weight excluding hydrogens is 380 g/mol. The van der Waals surface area contributed by atoms with Gasteiger partial charge in [-0.2, -0.15) is 0 Å². The van der Waals surface area contributed by atoms with Crippen molar-refractivity contribution >= 4 is 35.0 Å². The van der Waals surface area contributed by atoms with Crippen molar-refractivity contribution in [2.45, 2.75) is 26.8 Å². The first-order chi connectivity index (χ1) is 13.3. The standard InChI is InChI=1S/C21H21ClN2O4/c1-21(2)10-28-23(20(21)27)9-13-5-6-14(8-15(13)22)24-18(25)16-11-3-4-12(7-11)17(16)19(24)26/h3-6,8,11-12,16-17H,7,9-10H2,1-2H3/t11-,12-,16-,17+/m0/s1. The molecule has 2 saturated heterocycles. The molecule has 2 heterocycles. The van der Waals surface area contributed by atoms with E-state index < -0.39 is 5.41 Å². The number of hydrogen-bond donors (Lipinski definition) is 0. The summed E-state index contributed by atoms with van der Waals surface area (Å²) < 4.78 is 0. The number of amides is 3. The van der Waals surface area contributed by atoms with Gasteiger partial charge in [-0.15, -0.1) is 0 Å². The monoisotopic (exact) mass is 400 g/mol. The van der Waals surface area contributed by atoms with Crippen LogP contribution in [-0.4, -0.2) is 29.4 Å². The lowest BCUT2D eigenvalue weighted by molar-refractivity contribution is -0.165. The van der Waals surface area contributed by atoms with Gasteiger partial charge in [0, 0.05) is 5.02 Å². The van der Waals surface area contributed by atoms with Gasteiger partial charge in [0.15, 0.2) is 0 Å². The summed E-state index contributed by atoms with van der Waals surface area (Å²) in [5.41, 5.74) is 0.649. The lowest BCUT2D eigenvalue weighted by Crippen LogP contribution is -2.33. The molecule has 0 radical (unpaired) electrons. The lowest BCUT2D eigenvalue weighted by atomic mass is 9.85. The topological polar surface area (TPSA) is 66.9 Å². The van der Waals surface area contributed by atoms with Crippen molar-refractivity contribution in [2.75, 3.05) is 11.5 Å². The van der Waals surface area contributed by atoms with Gasteiger partial charge in [-0.1, -0.05) is 29.8 Å². The fraction of sp³-hybridized carbons (Fsp3) is 0.476. The van der Waals surface area contributed by atoms with Crippen LogP contribution in [0.15, 0.2) is 30.4 Å². The highest BCUT2D eigenvalue weighted by Crippen LogP contribution is 2.53. The van der Waals surface area contributed by atoms with E-state index in [4.69, 9.17) is 16.4 Å². The summed E-state index contributed by atoms with van der Waals surface area (Å²) >= 11 is 6.44. The molecule has 1 aromatic carbocycles. The highest BCUT2D eigenvalue weighted by molar-refractivity contribution is 6.32. The molecule has 1 saturated carbocycles. The number of carbonyl (C=O) groups is 3. The maximum atomic E-state index is 12.9. The Balaban J connectivity index is 1.38. The largest absolute Gasteiger partial charge is 0.274 e. The molecule has 1 aromatic rings. The molecule has 7 heteroatoms. The molecule has 5 rings (SSSR count). The third kappa shape index (κ3) is 2.40. The average Bonchev–Trinajstić information content (AvgIpc) is 3.37. The van der Waals surface area contributed by atoms with E-state index in [0.29, 0.717) is 22.9 Å². The van der Waals surface area contributed by atoms with Crippen LogP contribution in [-0.2, 0) is 25.8 Å². The summed E-state index contributed by atoms with van der Waals surface area (Å²) in [7, 11) is 0. The number of anilines is 1. The van der Waals surface area contributed by atoms with Gasteiger partial charge in [-0.3, -0.25) is 19.2 Å². The first kappa shape index (κ1) is 17.9. The van der Waals surface area contributed by atoms with Crippen LogP contribution in [0.1, 0.15) is 25.8 Å². The summed E-state index contributed by atoms with van der Waals surface area (Å²) in [5, 5.41) is 1.72. The van der Waals surface area contributed by atoms with E-state index in [9.17, 15) is 14.4 Å². The van der Waals surface area contributed by atoms with Gasteiger partial charge in [0.2, 0.25) is 11.8 Å². The Bertz CT molecular complexity index is 910. The highest BCUT2D eigenvalue weighted by atomic mass is 35.5. The van der Waals surface area contributed by atoms with Gasteiger partial charge in [-0.05, 0) is 49.8 Å². The van der Waals surface area contributed by atoms with Gasteiger partial charge in [-0.25, -0.2) is 9.96 Å². The molecule has 0 unspecified atom stereocenters. The second-order valence-corrected chi connectivity index (χ2v) is 9.19. The SMILES string of the molecule is CC1(C)CON(Cc2ccc(N3C(=O)[C@@H]4[C@H](C3=O)[C@H]3C=C[C@H]4C3)cc2Cl)C1=O. The smallest absolute Gasteiger partial charge is 0.254 e. The van der Waals surface area contributed by atoms with E-state index in [0.717, 1.165) is 6.42 Å². The number of imide groups is 1. The molecule has 146 valence electrons. The number of halogens is 1. The van der Waals surface area contributed by atoms with Crippen LogP contribution < -0.4 is 4.90 Å². The Kier molecular flexibility index (Phi) is 3.77. The third-order valence-corrected chi connectivity index (χ3v) is 6.82. The first-order valence-electron chi connectivity index (χ1n) is 9.57. The summed E-state index contributed by atoms with van der Waals surface area (Å²) in [4.78, 5) is 45.0. The number of allylic oxidation sites excluding steroid dienone is 2. The zero-order valence-corrected chi connectivity index (χ0v) is 16.5. The van der Waals surface area contributed by atoms with Crippen molar-refractivity contribution in [3.8, 4) is 0 Å².